The van der Waals surface area contributed by atoms with E-state index in [1.165, 1.54) is 0 Å². The third-order valence-electron chi connectivity index (χ3n) is 5.50. The summed E-state index contributed by atoms with van der Waals surface area (Å²) >= 11 is 3.42. The van der Waals surface area contributed by atoms with E-state index < -0.39 is 11.8 Å². The summed E-state index contributed by atoms with van der Waals surface area (Å²) in [7, 11) is 0. The van der Waals surface area contributed by atoms with Gasteiger partial charge < -0.3 is 10.1 Å². The van der Waals surface area contributed by atoms with Gasteiger partial charge in [0, 0.05) is 16.8 Å². The number of ether oxygens (including phenoxy) is 1. The van der Waals surface area contributed by atoms with E-state index >= 15 is 0 Å². The highest BCUT2D eigenvalue weighted by atomic mass is 79.9. The number of carbonyl (C=O) groups excluding carboxylic acids is 3. The zero-order valence-electron chi connectivity index (χ0n) is 20.8. The number of halogens is 1. The molecule has 0 aromatic heterocycles. The van der Waals surface area contributed by atoms with Crippen molar-refractivity contribution in [1.29, 1.82) is 0 Å². The lowest BCUT2D eigenvalue weighted by molar-refractivity contribution is -0.123. The predicted octanol–water partition coefficient (Wildman–Crippen LogP) is 5.40. The number of rotatable bonds is 7. The summed E-state index contributed by atoms with van der Waals surface area (Å²) in [5.41, 5.74) is 8.40. The lowest BCUT2D eigenvalue weighted by Crippen LogP contribution is -2.43. The average Bonchev–Trinajstić information content (AvgIpc) is 2.86. The molecule has 36 heavy (non-hydrogen) atoms. The van der Waals surface area contributed by atoms with E-state index in [4.69, 9.17) is 4.74 Å². The summed E-state index contributed by atoms with van der Waals surface area (Å²) in [6, 6.07) is 19.5. The fourth-order valence-electron chi connectivity index (χ4n) is 3.29. The molecule has 0 aliphatic rings. The van der Waals surface area contributed by atoms with Gasteiger partial charge in [-0.25, -0.2) is 0 Å². The normalized spacial score (nSPS) is 10.9. The second-order valence-electron chi connectivity index (χ2n) is 9.27. The fraction of sp³-hybridized carbons (Fsp3) is 0.250. The largest absolute Gasteiger partial charge is 0.483 e. The van der Waals surface area contributed by atoms with Gasteiger partial charge in [0.15, 0.2) is 6.61 Å². The van der Waals surface area contributed by atoms with E-state index in [2.05, 4.69) is 59.8 Å². The number of anilines is 1. The molecule has 0 atom stereocenters. The number of benzene rings is 3. The molecule has 3 aromatic rings. The first-order valence-corrected chi connectivity index (χ1v) is 12.4. The van der Waals surface area contributed by atoms with Crippen LogP contribution in [0.1, 0.15) is 59.5 Å². The number of hydrogen-bond donors (Lipinski definition) is 3. The first-order valence-electron chi connectivity index (χ1n) is 11.6. The molecular formula is C28H30BrN3O4. The maximum atomic E-state index is 12.5. The molecule has 0 saturated heterocycles. The number of amides is 3. The van der Waals surface area contributed by atoms with Crippen LogP contribution in [0.5, 0.6) is 5.75 Å². The Kier molecular flexibility index (Phi) is 8.88. The van der Waals surface area contributed by atoms with Gasteiger partial charge in [0.25, 0.3) is 17.7 Å². The second kappa shape index (κ2) is 11.9. The zero-order valence-corrected chi connectivity index (χ0v) is 22.4. The summed E-state index contributed by atoms with van der Waals surface area (Å²) in [6.45, 7) is 8.14. The molecule has 7 nitrogen and oxygen atoms in total. The van der Waals surface area contributed by atoms with Crippen molar-refractivity contribution in [2.45, 2.75) is 39.5 Å². The van der Waals surface area contributed by atoms with E-state index in [9.17, 15) is 14.4 Å². The van der Waals surface area contributed by atoms with Crippen LogP contribution in [0.25, 0.3) is 0 Å². The quantitative estimate of drug-likeness (QED) is 0.342. The third-order valence-corrected chi connectivity index (χ3v) is 6.12. The Morgan fingerprint density at radius 1 is 0.833 bits per heavy atom. The standard InChI is InChI=1S/C28H30BrN3O4/c1-5-18-6-15-24(23(29)16-18)36-17-25(33)31-32-27(35)20-9-13-22(14-10-20)30-26(34)19-7-11-21(12-8-19)28(2,3)4/h6-16H,5,17H2,1-4H3,(H,30,34)(H,31,33)(H,32,35). The number of aryl methyl sites for hydroxylation is 1. The number of hydrazine groups is 1. The number of nitrogens with one attached hydrogen (secondary N) is 3. The van der Waals surface area contributed by atoms with Crippen LogP contribution in [0.2, 0.25) is 0 Å². The predicted molar refractivity (Wildman–Crippen MR) is 144 cm³/mol. The number of hydrogen-bond acceptors (Lipinski definition) is 4. The highest BCUT2D eigenvalue weighted by Crippen LogP contribution is 2.26. The highest BCUT2D eigenvalue weighted by molar-refractivity contribution is 9.10. The molecule has 0 fully saturated rings. The Balaban J connectivity index is 1.47. The van der Waals surface area contributed by atoms with Crippen molar-refractivity contribution in [1.82, 2.24) is 10.9 Å². The molecule has 0 saturated carbocycles. The molecular weight excluding hydrogens is 522 g/mol. The zero-order chi connectivity index (χ0) is 26.3. The maximum Gasteiger partial charge on any atom is 0.276 e. The van der Waals surface area contributed by atoms with Crippen molar-refractivity contribution < 1.29 is 19.1 Å². The van der Waals surface area contributed by atoms with Crippen LogP contribution in [0.3, 0.4) is 0 Å². The summed E-state index contributed by atoms with van der Waals surface area (Å²) in [6.07, 6.45) is 0.893. The van der Waals surface area contributed by atoms with Gasteiger partial charge in [0.05, 0.1) is 4.47 Å². The van der Waals surface area contributed by atoms with Gasteiger partial charge in [-0.15, -0.1) is 0 Å². The Labute approximate surface area is 219 Å². The first-order chi connectivity index (χ1) is 17.1. The SMILES string of the molecule is CCc1ccc(OCC(=O)NNC(=O)c2ccc(NC(=O)c3ccc(C(C)(C)C)cc3)cc2)c(Br)c1. The van der Waals surface area contributed by atoms with E-state index in [1.54, 1.807) is 42.5 Å². The summed E-state index contributed by atoms with van der Waals surface area (Å²) in [4.78, 5) is 36.9. The van der Waals surface area contributed by atoms with Crippen molar-refractivity contribution in [3.05, 3.63) is 93.5 Å². The van der Waals surface area contributed by atoms with Crippen molar-refractivity contribution in [3.63, 3.8) is 0 Å². The molecule has 188 valence electrons. The van der Waals surface area contributed by atoms with Crippen LogP contribution in [0.15, 0.2) is 71.2 Å². The van der Waals surface area contributed by atoms with Crippen LogP contribution < -0.4 is 20.9 Å². The average molecular weight is 552 g/mol. The minimum Gasteiger partial charge on any atom is -0.483 e. The van der Waals surface area contributed by atoms with Crippen LogP contribution in [0.4, 0.5) is 5.69 Å². The minimum atomic E-state index is -0.504. The Morgan fingerprint density at radius 3 is 2.03 bits per heavy atom. The summed E-state index contributed by atoms with van der Waals surface area (Å²) < 4.78 is 6.26. The fourth-order valence-corrected chi connectivity index (χ4v) is 3.83. The molecule has 3 amide bonds. The van der Waals surface area contributed by atoms with E-state index in [-0.39, 0.29) is 17.9 Å². The Bertz CT molecular complexity index is 1230. The summed E-state index contributed by atoms with van der Waals surface area (Å²) in [5, 5.41) is 2.82. The van der Waals surface area contributed by atoms with E-state index in [1.807, 2.05) is 24.3 Å². The van der Waals surface area contributed by atoms with E-state index in [0.717, 1.165) is 22.0 Å². The van der Waals surface area contributed by atoms with Crippen LogP contribution in [-0.4, -0.2) is 24.3 Å². The lowest BCUT2D eigenvalue weighted by Gasteiger charge is -2.19. The van der Waals surface area contributed by atoms with Gasteiger partial charge in [-0.2, -0.15) is 0 Å². The molecule has 0 heterocycles. The maximum absolute atomic E-state index is 12.5. The van der Waals surface area contributed by atoms with Gasteiger partial charge in [-0.3, -0.25) is 25.2 Å². The molecule has 8 heteroatoms. The lowest BCUT2D eigenvalue weighted by atomic mass is 9.87. The topological polar surface area (TPSA) is 96.5 Å². The van der Waals surface area contributed by atoms with Crippen molar-refractivity contribution in [2.75, 3.05) is 11.9 Å². The molecule has 0 unspecified atom stereocenters. The van der Waals surface area contributed by atoms with Gasteiger partial charge in [0.1, 0.15) is 5.75 Å². The van der Waals surface area contributed by atoms with Crippen LogP contribution in [0, 0.1) is 0 Å². The first kappa shape index (κ1) is 26.9. The van der Waals surface area contributed by atoms with Gasteiger partial charge in [-0.05, 0) is 87.4 Å². The van der Waals surface area contributed by atoms with Gasteiger partial charge in [-0.1, -0.05) is 45.9 Å². The number of carbonyl (C=O) groups is 3. The molecule has 0 bridgehead atoms. The monoisotopic (exact) mass is 551 g/mol. The molecule has 3 rings (SSSR count). The Morgan fingerprint density at radius 2 is 1.44 bits per heavy atom. The smallest absolute Gasteiger partial charge is 0.276 e. The molecule has 0 spiro atoms. The molecule has 0 aliphatic heterocycles. The van der Waals surface area contributed by atoms with Crippen molar-refractivity contribution >= 4 is 39.3 Å². The Hall–Kier alpha value is -3.65. The van der Waals surface area contributed by atoms with Crippen molar-refractivity contribution in [2.24, 2.45) is 0 Å². The van der Waals surface area contributed by atoms with E-state index in [0.29, 0.717) is 22.6 Å². The second-order valence-corrected chi connectivity index (χ2v) is 10.1. The molecule has 0 radical (unpaired) electrons. The van der Waals surface area contributed by atoms with Crippen molar-refractivity contribution in [3.8, 4) is 5.75 Å². The minimum absolute atomic E-state index is 0.00968. The molecule has 3 N–H and O–H groups in total. The summed E-state index contributed by atoms with van der Waals surface area (Å²) in [5.74, 6) is -0.698. The highest BCUT2D eigenvalue weighted by Gasteiger charge is 2.15. The molecule has 3 aromatic carbocycles. The van der Waals surface area contributed by atoms with Gasteiger partial charge in [0.2, 0.25) is 0 Å². The molecule has 0 aliphatic carbocycles. The van der Waals surface area contributed by atoms with Gasteiger partial charge >= 0.3 is 0 Å². The van der Waals surface area contributed by atoms with Crippen LogP contribution in [-0.2, 0) is 16.6 Å². The van der Waals surface area contributed by atoms with Crippen LogP contribution >= 0.6 is 15.9 Å². The third kappa shape index (κ3) is 7.42.